The fourth-order valence-corrected chi connectivity index (χ4v) is 1.02. The van der Waals surface area contributed by atoms with E-state index in [0.717, 1.165) is 6.34 Å². The van der Waals surface area contributed by atoms with Gasteiger partial charge in [-0.3, -0.25) is 20.3 Å². The number of urea groups is 1. The molecule has 0 unspecified atom stereocenters. The average Bonchev–Trinajstić information content (AvgIpc) is 2.37. The minimum absolute atomic E-state index is 0.0244. The van der Waals surface area contributed by atoms with Gasteiger partial charge >= 0.3 is 6.03 Å². The molecule has 9 nitrogen and oxygen atoms in total. The van der Waals surface area contributed by atoms with Gasteiger partial charge in [0.25, 0.3) is 5.69 Å². The average molecular weight is 254 g/mol. The first kappa shape index (κ1) is 13.4. The zero-order valence-electron chi connectivity index (χ0n) is 9.07. The van der Waals surface area contributed by atoms with Gasteiger partial charge in [0, 0.05) is 12.1 Å². The molecule has 0 fully saturated rings. The zero-order chi connectivity index (χ0) is 13.4. The van der Waals surface area contributed by atoms with Crippen molar-refractivity contribution in [1.29, 1.82) is 0 Å². The van der Waals surface area contributed by atoms with Crippen LogP contribution in [0.2, 0.25) is 0 Å². The number of nitrogens with one attached hydrogen (secondary N) is 2. The summed E-state index contributed by atoms with van der Waals surface area (Å²) in [7, 11) is 0. The van der Waals surface area contributed by atoms with Crippen molar-refractivity contribution in [3.8, 4) is 0 Å². The molecule has 0 spiro atoms. The van der Waals surface area contributed by atoms with Crippen LogP contribution in [0, 0.1) is 10.1 Å². The summed E-state index contributed by atoms with van der Waals surface area (Å²) in [6.45, 7) is 0.0433. The van der Waals surface area contributed by atoms with E-state index in [0.29, 0.717) is 5.56 Å². The van der Waals surface area contributed by atoms with Gasteiger partial charge in [-0.1, -0.05) is 5.16 Å². The topological polar surface area (TPSA) is 126 Å². The molecule has 0 heterocycles. The summed E-state index contributed by atoms with van der Waals surface area (Å²) in [5.41, 5.74) is 2.64. The van der Waals surface area contributed by atoms with Crippen molar-refractivity contribution in [2.45, 2.75) is 6.61 Å². The molecule has 0 aliphatic heterocycles. The molecule has 0 radical (unpaired) electrons. The van der Waals surface area contributed by atoms with Crippen molar-refractivity contribution in [2.75, 3.05) is 0 Å². The van der Waals surface area contributed by atoms with E-state index in [1.54, 1.807) is 0 Å². The number of oxime groups is 1. The van der Waals surface area contributed by atoms with E-state index in [1.807, 2.05) is 10.8 Å². The number of nitro groups is 1. The quantitative estimate of drug-likeness (QED) is 0.235. The minimum Gasteiger partial charge on any atom is -0.410 e. The molecular formula is C9H10N4O5. The van der Waals surface area contributed by atoms with Gasteiger partial charge in [0.2, 0.25) is 0 Å². The van der Waals surface area contributed by atoms with Crippen LogP contribution in [-0.2, 0) is 11.4 Å². The van der Waals surface area contributed by atoms with Crippen LogP contribution in [0.3, 0.4) is 0 Å². The summed E-state index contributed by atoms with van der Waals surface area (Å²) >= 11 is 0. The molecule has 2 amide bonds. The number of non-ortho nitro benzene ring substituents is 1. The lowest BCUT2D eigenvalue weighted by Gasteiger charge is -2.04. The number of hydroxylamine groups is 1. The summed E-state index contributed by atoms with van der Waals surface area (Å²) < 4.78 is 0. The molecule has 0 saturated carbocycles. The summed E-state index contributed by atoms with van der Waals surface area (Å²) in [6, 6.07) is 4.96. The molecule has 0 aliphatic rings. The first-order valence-electron chi connectivity index (χ1n) is 4.71. The summed E-state index contributed by atoms with van der Waals surface area (Å²) in [6.07, 6.45) is 0.768. The number of hydrogen-bond acceptors (Lipinski definition) is 6. The number of benzene rings is 1. The molecule has 96 valence electrons. The van der Waals surface area contributed by atoms with Gasteiger partial charge < -0.3 is 5.21 Å². The Balaban J connectivity index is 2.35. The number of carbonyl (C=O) groups is 1. The van der Waals surface area contributed by atoms with E-state index in [4.69, 9.17) is 10.0 Å². The Morgan fingerprint density at radius 3 is 2.72 bits per heavy atom. The summed E-state index contributed by atoms with van der Waals surface area (Å²) in [4.78, 5) is 25.6. The third kappa shape index (κ3) is 4.45. The molecule has 1 rings (SSSR count). The van der Waals surface area contributed by atoms with Crippen molar-refractivity contribution in [3.05, 3.63) is 39.9 Å². The van der Waals surface area contributed by atoms with Gasteiger partial charge in [-0.15, -0.1) is 0 Å². The Labute approximate surface area is 101 Å². The second-order valence-corrected chi connectivity index (χ2v) is 3.03. The second kappa shape index (κ2) is 6.81. The van der Waals surface area contributed by atoms with Crippen LogP contribution in [0.25, 0.3) is 0 Å². The standard InChI is InChI=1S/C9H10N4O5/c14-9(10-6-11-15)12-18-5-7-1-3-8(4-2-7)13(16)17/h1-4,6,15H,5H2,(H2,10,11,12,14). The molecule has 3 N–H and O–H groups in total. The molecule has 1 aromatic rings. The van der Waals surface area contributed by atoms with Gasteiger partial charge in [-0.25, -0.2) is 10.3 Å². The van der Waals surface area contributed by atoms with Crippen LogP contribution < -0.4 is 10.8 Å². The van der Waals surface area contributed by atoms with Gasteiger partial charge in [0.15, 0.2) is 0 Å². The highest BCUT2D eigenvalue weighted by atomic mass is 16.7. The molecule has 0 aliphatic carbocycles. The lowest BCUT2D eigenvalue weighted by Crippen LogP contribution is -2.34. The number of carbonyl (C=O) groups excluding carboxylic acids is 1. The maximum atomic E-state index is 10.9. The third-order valence-electron chi connectivity index (χ3n) is 1.80. The largest absolute Gasteiger partial charge is 0.410 e. The van der Waals surface area contributed by atoms with Crippen molar-refractivity contribution in [3.63, 3.8) is 0 Å². The second-order valence-electron chi connectivity index (χ2n) is 3.03. The van der Waals surface area contributed by atoms with E-state index in [9.17, 15) is 14.9 Å². The summed E-state index contributed by atoms with van der Waals surface area (Å²) in [5.74, 6) is 0. The number of rotatable bonds is 5. The monoisotopic (exact) mass is 254 g/mol. The first-order valence-corrected chi connectivity index (χ1v) is 4.71. The highest BCUT2D eigenvalue weighted by Crippen LogP contribution is 2.11. The molecule has 0 atom stereocenters. The van der Waals surface area contributed by atoms with E-state index in [1.165, 1.54) is 24.3 Å². The van der Waals surface area contributed by atoms with Crippen LogP contribution in [0.15, 0.2) is 29.4 Å². The summed E-state index contributed by atoms with van der Waals surface area (Å²) in [5, 5.41) is 23.0. The Morgan fingerprint density at radius 1 is 1.50 bits per heavy atom. The highest BCUT2D eigenvalue weighted by Gasteiger charge is 2.04. The first-order chi connectivity index (χ1) is 8.63. The molecule has 0 bridgehead atoms. The Bertz CT molecular complexity index is 445. The molecule has 1 aromatic carbocycles. The highest BCUT2D eigenvalue weighted by molar-refractivity contribution is 5.85. The Kier molecular flexibility index (Phi) is 5.06. The van der Waals surface area contributed by atoms with E-state index in [-0.39, 0.29) is 12.3 Å². The maximum Gasteiger partial charge on any atom is 0.343 e. The van der Waals surface area contributed by atoms with Crippen molar-refractivity contribution in [1.82, 2.24) is 10.8 Å². The zero-order valence-corrected chi connectivity index (χ0v) is 9.07. The van der Waals surface area contributed by atoms with Crippen LogP contribution in [0.5, 0.6) is 0 Å². The molecule has 0 saturated heterocycles. The van der Waals surface area contributed by atoms with Crippen LogP contribution in [0.1, 0.15) is 5.56 Å². The van der Waals surface area contributed by atoms with Gasteiger partial charge in [0.1, 0.15) is 6.34 Å². The van der Waals surface area contributed by atoms with Gasteiger partial charge in [-0.2, -0.15) is 0 Å². The van der Waals surface area contributed by atoms with E-state index < -0.39 is 11.0 Å². The molecule has 9 heteroatoms. The van der Waals surface area contributed by atoms with E-state index in [2.05, 4.69) is 5.16 Å². The predicted octanol–water partition coefficient (Wildman–Crippen LogP) is 0.743. The maximum absolute atomic E-state index is 10.9. The minimum atomic E-state index is -0.713. The van der Waals surface area contributed by atoms with Crippen molar-refractivity contribution < 1.29 is 19.8 Å². The number of nitrogens with zero attached hydrogens (tertiary/aromatic N) is 2. The fraction of sp³-hybridized carbons (Fsp3) is 0.111. The molecule has 0 aromatic heterocycles. The van der Waals surface area contributed by atoms with Crippen LogP contribution in [0.4, 0.5) is 10.5 Å². The van der Waals surface area contributed by atoms with Crippen molar-refractivity contribution in [2.24, 2.45) is 5.16 Å². The number of hydrogen-bond donors (Lipinski definition) is 3. The lowest BCUT2D eigenvalue weighted by atomic mass is 10.2. The third-order valence-corrected chi connectivity index (χ3v) is 1.80. The SMILES string of the molecule is O=C(N/C=N\O)NOCc1ccc([N+](=O)[O-])cc1. The van der Waals surface area contributed by atoms with E-state index >= 15 is 0 Å². The normalized spacial score (nSPS) is 10.2. The molecular weight excluding hydrogens is 244 g/mol. The van der Waals surface area contributed by atoms with Crippen LogP contribution in [-0.4, -0.2) is 22.5 Å². The number of amides is 2. The number of nitro benzene ring substituents is 1. The van der Waals surface area contributed by atoms with Crippen molar-refractivity contribution >= 4 is 18.1 Å². The van der Waals surface area contributed by atoms with Gasteiger partial charge in [0.05, 0.1) is 11.5 Å². The lowest BCUT2D eigenvalue weighted by molar-refractivity contribution is -0.384. The van der Waals surface area contributed by atoms with Crippen LogP contribution >= 0.6 is 0 Å². The smallest absolute Gasteiger partial charge is 0.343 e. The Morgan fingerprint density at radius 2 is 2.17 bits per heavy atom. The van der Waals surface area contributed by atoms with Gasteiger partial charge in [-0.05, 0) is 17.7 Å². The molecule has 18 heavy (non-hydrogen) atoms. The fourth-order valence-electron chi connectivity index (χ4n) is 1.02. The predicted molar refractivity (Wildman–Crippen MR) is 59.8 cm³/mol. The Hall–Kier alpha value is -2.68.